The maximum atomic E-state index is 11.4. The molecular formula is C15H17N3O3. The molecule has 1 aromatic heterocycles. The summed E-state index contributed by atoms with van der Waals surface area (Å²) >= 11 is 0. The highest BCUT2D eigenvalue weighted by Crippen LogP contribution is 2.25. The number of rotatable bonds is 4. The molecule has 6 nitrogen and oxygen atoms in total. The van der Waals surface area contributed by atoms with Gasteiger partial charge in [0.15, 0.2) is 5.69 Å². The van der Waals surface area contributed by atoms with E-state index >= 15 is 0 Å². The minimum absolute atomic E-state index is 0.0271. The highest BCUT2D eigenvalue weighted by atomic mass is 16.5. The Morgan fingerprint density at radius 2 is 2.05 bits per heavy atom. The van der Waals surface area contributed by atoms with Crippen LogP contribution in [0.3, 0.4) is 0 Å². The van der Waals surface area contributed by atoms with Gasteiger partial charge in [-0.15, -0.1) is 10.2 Å². The number of fused-ring (bicyclic) bond motifs is 1. The normalized spacial score (nSPS) is 16.0. The van der Waals surface area contributed by atoms with Gasteiger partial charge in [-0.1, -0.05) is 18.2 Å². The Hall–Kier alpha value is -2.21. The Kier molecular flexibility index (Phi) is 3.96. The second-order valence-electron chi connectivity index (χ2n) is 5.18. The van der Waals surface area contributed by atoms with Gasteiger partial charge in [0.25, 0.3) is 0 Å². The standard InChI is InChI=1S/C15H17N3O3/c19-15(20)14-13(16-9-10-5-7-21-8-6-10)11-3-1-2-4-12(11)17-18-14/h1-4,10H,5-9H2,(H,16,17)(H,19,20). The maximum Gasteiger partial charge on any atom is 0.358 e. The van der Waals surface area contributed by atoms with Crippen molar-refractivity contribution in [2.45, 2.75) is 12.8 Å². The largest absolute Gasteiger partial charge is 0.476 e. The molecule has 0 spiro atoms. The van der Waals surface area contributed by atoms with Crippen LogP contribution in [0.5, 0.6) is 0 Å². The molecule has 0 amide bonds. The first-order valence-corrected chi connectivity index (χ1v) is 7.06. The van der Waals surface area contributed by atoms with Gasteiger partial charge < -0.3 is 15.2 Å². The molecule has 3 rings (SSSR count). The number of hydrogen-bond donors (Lipinski definition) is 2. The predicted molar refractivity (Wildman–Crippen MR) is 78.5 cm³/mol. The van der Waals surface area contributed by atoms with Crippen LogP contribution >= 0.6 is 0 Å². The van der Waals surface area contributed by atoms with Crippen LogP contribution in [0, 0.1) is 5.92 Å². The highest BCUT2D eigenvalue weighted by Gasteiger charge is 2.19. The van der Waals surface area contributed by atoms with Crippen LogP contribution in [0.15, 0.2) is 24.3 Å². The lowest BCUT2D eigenvalue weighted by Gasteiger charge is -2.23. The first-order chi connectivity index (χ1) is 10.3. The van der Waals surface area contributed by atoms with Crippen molar-refractivity contribution < 1.29 is 14.6 Å². The van der Waals surface area contributed by atoms with E-state index in [0.29, 0.717) is 17.1 Å². The molecule has 2 aromatic rings. The van der Waals surface area contributed by atoms with Crippen LogP contribution in [-0.2, 0) is 4.74 Å². The van der Waals surface area contributed by atoms with E-state index in [0.717, 1.165) is 38.0 Å². The lowest BCUT2D eigenvalue weighted by Crippen LogP contribution is -2.23. The van der Waals surface area contributed by atoms with Crippen molar-refractivity contribution in [1.82, 2.24) is 10.2 Å². The third-order valence-corrected chi connectivity index (χ3v) is 3.78. The minimum Gasteiger partial charge on any atom is -0.476 e. The average molecular weight is 287 g/mol. The Morgan fingerprint density at radius 3 is 2.81 bits per heavy atom. The van der Waals surface area contributed by atoms with Crippen molar-refractivity contribution in [2.75, 3.05) is 25.1 Å². The van der Waals surface area contributed by atoms with E-state index in [4.69, 9.17) is 4.74 Å². The molecule has 1 aliphatic heterocycles. The van der Waals surface area contributed by atoms with Crippen LogP contribution in [0.4, 0.5) is 5.69 Å². The Labute approximate surface area is 122 Å². The number of aromatic carboxylic acids is 1. The van der Waals surface area contributed by atoms with Gasteiger partial charge in [-0.25, -0.2) is 4.79 Å². The minimum atomic E-state index is -1.07. The number of carboxylic acid groups (broad SMARTS) is 1. The molecule has 2 heterocycles. The van der Waals surface area contributed by atoms with Gasteiger partial charge in [0.1, 0.15) is 0 Å². The van der Waals surface area contributed by atoms with E-state index in [1.165, 1.54) is 0 Å². The topological polar surface area (TPSA) is 84.3 Å². The fourth-order valence-corrected chi connectivity index (χ4v) is 2.58. The monoisotopic (exact) mass is 287 g/mol. The highest BCUT2D eigenvalue weighted by molar-refractivity contribution is 6.02. The third-order valence-electron chi connectivity index (χ3n) is 3.78. The van der Waals surface area contributed by atoms with Crippen LogP contribution in [0.25, 0.3) is 10.9 Å². The first-order valence-electron chi connectivity index (χ1n) is 7.06. The number of aromatic nitrogens is 2. The van der Waals surface area contributed by atoms with Crippen molar-refractivity contribution in [2.24, 2.45) is 5.92 Å². The molecule has 2 N–H and O–H groups in total. The predicted octanol–water partition coefficient (Wildman–Crippen LogP) is 2.17. The lowest BCUT2D eigenvalue weighted by molar-refractivity contribution is 0.0684. The van der Waals surface area contributed by atoms with Crippen molar-refractivity contribution in [1.29, 1.82) is 0 Å². The summed E-state index contributed by atoms with van der Waals surface area (Å²) < 4.78 is 5.34. The molecule has 0 radical (unpaired) electrons. The smallest absolute Gasteiger partial charge is 0.358 e. The van der Waals surface area contributed by atoms with Gasteiger partial charge in [0.05, 0.1) is 11.2 Å². The number of nitrogens with one attached hydrogen (secondary N) is 1. The van der Waals surface area contributed by atoms with Crippen molar-refractivity contribution in [3.05, 3.63) is 30.0 Å². The quantitative estimate of drug-likeness (QED) is 0.896. The molecule has 0 bridgehead atoms. The van der Waals surface area contributed by atoms with Crippen LogP contribution in [0.1, 0.15) is 23.3 Å². The summed E-state index contributed by atoms with van der Waals surface area (Å²) in [5.41, 5.74) is 1.22. The van der Waals surface area contributed by atoms with Crippen LogP contribution in [-0.4, -0.2) is 41.0 Å². The number of carboxylic acids is 1. The van der Waals surface area contributed by atoms with E-state index < -0.39 is 5.97 Å². The fraction of sp³-hybridized carbons (Fsp3) is 0.400. The van der Waals surface area contributed by atoms with Gasteiger partial charge in [0.2, 0.25) is 0 Å². The molecule has 0 aliphatic carbocycles. The molecular weight excluding hydrogens is 270 g/mol. The van der Waals surface area contributed by atoms with Crippen LogP contribution in [0.2, 0.25) is 0 Å². The molecule has 110 valence electrons. The molecule has 0 saturated carbocycles. The molecule has 0 atom stereocenters. The summed E-state index contributed by atoms with van der Waals surface area (Å²) in [4.78, 5) is 11.4. The second-order valence-corrected chi connectivity index (χ2v) is 5.18. The van der Waals surface area contributed by atoms with Gasteiger partial charge in [-0.3, -0.25) is 0 Å². The zero-order chi connectivity index (χ0) is 14.7. The maximum absolute atomic E-state index is 11.4. The number of carbonyl (C=O) groups is 1. The van der Waals surface area contributed by atoms with Gasteiger partial charge in [-0.05, 0) is 24.8 Å². The molecule has 1 aromatic carbocycles. The summed E-state index contributed by atoms with van der Waals surface area (Å²) in [7, 11) is 0. The van der Waals surface area contributed by atoms with E-state index in [2.05, 4.69) is 15.5 Å². The average Bonchev–Trinajstić information content (AvgIpc) is 2.53. The van der Waals surface area contributed by atoms with Gasteiger partial charge in [-0.2, -0.15) is 0 Å². The second kappa shape index (κ2) is 6.05. The number of nitrogens with zero attached hydrogens (tertiary/aromatic N) is 2. The summed E-state index contributed by atoms with van der Waals surface area (Å²) in [6.07, 6.45) is 1.98. The first kappa shape index (κ1) is 13.8. The lowest BCUT2D eigenvalue weighted by atomic mass is 10.00. The third kappa shape index (κ3) is 2.95. The van der Waals surface area contributed by atoms with Gasteiger partial charge in [0, 0.05) is 25.1 Å². The number of benzene rings is 1. The Bertz CT molecular complexity index is 654. The zero-order valence-electron chi connectivity index (χ0n) is 11.6. The Morgan fingerprint density at radius 1 is 1.29 bits per heavy atom. The number of anilines is 1. The summed E-state index contributed by atoms with van der Waals surface area (Å²) in [5.74, 6) is -0.574. The summed E-state index contributed by atoms with van der Waals surface area (Å²) in [5, 5.41) is 21.2. The molecule has 1 aliphatic rings. The summed E-state index contributed by atoms with van der Waals surface area (Å²) in [6, 6.07) is 7.42. The van der Waals surface area contributed by atoms with Gasteiger partial charge >= 0.3 is 5.97 Å². The van der Waals surface area contributed by atoms with Crippen molar-refractivity contribution in [3.8, 4) is 0 Å². The molecule has 6 heteroatoms. The Balaban J connectivity index is 1.90. The number of hydrogen-bond acceptors (Lipinski definition) is 5. The molecule has 1 saturated heterocycles. The fourth-order valence-electron chi connectivity index (χ4n) is 2.58. The molecule has 0 unspecified atom stereocenters. The van der Waals surface area contributed by atoms with E-state index in [1.807, 2.05) is 24.3 Å². The summed E-state index contributed by atoms with van der Waals surface area (Å²) in [6.45, 7) is 2.26. The number of ether oxygens (including phenoxy) is 1. The molecule has 21 heavy (non-hydrogen) atoms. The van der Waals surface area contributed by atoms with E-state index in [-0.39, 0.29) is 5.69 Å². The van der Waals surface area contributed by atoms with Crippen molar-refractivity contribution >= 4 is 22.6 Å². The SMILES string of the molecule is O=C(O)c1nnc2ccccc2c1NCC1CCOCC1. The van der Waals surface area contributed by atoms with E-state index in [1.54, 1.807) is 0 Å². The zero-order valence-corrected chi connectivity index (χ0v) is 11.6. The molecule has 1 fully saturated rings. The van der Waals surface area contributed by atoms with Crippen molar-refractivity contribution in [3.63, 3.8) is 0 Å². The van der Waals surface area contributed by atoms with Crippen LogP contribution < -0.4 is 5.32 Å². The van der Waals surface area contributed by atoms with E-state index in [9.17, 15) is 9.90 Å².